The summed E-state index contributed by atoms with van der Waals surface area (Å²) in [5.74, 6) is 0.884. The minimum absolute atomic E-state index is 0.114. The van der Waals surface area contributed by atoms with Crippen LogP contribution < -0.4 is 0 Å². The van der Waals surface area contributed by atoms with Gasteiger partial charge in [-0.25, -0.2) is 4.39 Å². The maximum atomic E-state index is 15.2. The summed E-state index contributed by atoms with van der Waals surface area (Å²) >= 11 is 0. The van der Waals surface area contributed by atoms with Gasteiger partial charge in [-0.15, -0.1) is 0 Å². The Morgan fingerprint density at radius 3 is 1.63 bits per heavy atom. The number of hydrogen-bond acceptors (Lipinski definition) is 4. The Bertz CT molecular complexity index is 968. The number of hydrogen-bond donors (Lipinski definition) is 0. The van der Waals surface area contributed by atoms with Gasteiger partial charge in [0.15, 0.2) is 0 Å². The van der Waals surface area contributed by atoms with E-state index in [1.807, 2.05) is 6.07 Å². The molecule has 4 nitrogen and oxygen atoms in total. The number of rotatable bonds is 9. The maximum absolute atomic E-state index is 15.2. The molecule has 2 heterocycles. The molecule has 2 atom stereocenters. The highest BCUT2D eigenvalue weighted by Crippen LogP contribution is 2.38. The first kappa shape index (κ1) is 23.6. The molecule has 35 heavy (non-hydrogen) atoms. The quantitative estimate of drug-likeness (QED) is 0.391. The standard InChI is InChI=1S/C30H37FO4/c31-30-15-24(22-7-12-26(13-8-22)33-17-28-19-35-28)9-14-29(30)23-3-1-20(2-4-23)21-5-10-25(11-6-21)32-16-27-18-34-27/h1-4,9,14-15,21-22,25-28H,5-8,10-13,16-19H2. The zero-order valence-corrected chi connectivity index (χ0v) is 20.5. The van der Waals surface area contributed by atoms with Crippen molar-refractivity contribution in [3.8, 4) is 11.1 Å². The van der Waals surface area contributed by atoms with Crippen molar-refractivity contribution in [1.29, 1.82) is 0 Å². The molecular formula is C30H37FO4. The van der Waals surface area contributed by atoms with E-state index in [1.54, 1.807) is 6.07 Å². The van der Waals surface area contributed by atoms with Gasteiger partial charge in [-0.3, -0.25) is 0 Å². The second kappa shape index (κ2) is 10.7. The monoisotopic (exact) mass is 480 g/mol. The Morgan fingerprint density at radius 1 is 0.657 bits per heavy atom. The lowest BCUT2D eigenvalue weighted by Gasteiger charge is -2.29. The molecule has 5 heteroatoms. The summed E-state index contributed by atoms with van der Waals surface area (Å²) in [5.41, 5.74) is 4.14. The fourth-order valence-electron chi connectivity index (χ4n) is 5.90. The third kappa shape index (κ3) is 6.14. The topological polar surface area (TPSA) is 43.5 Å². The van der Waals surface area contributed by atoms with Gasteiger partial charge in [0.25, 0.3) is 0 Å². The SMILES string of the molecule is Fc1cc(C2CCC(OCC3CO3)CC2)ccc1-c1ccc(C2CCC(OCC3CO3)CC2)cc1. The second-order valence-corrected chi connectivity index (χ2v) is 10.9. The molecular weight excluding hydrogens is 443 g/mol. The molecule has 0 radical (unpaired) electrons. The van der Waals surface area contributed by atoms with Crippen LogP contribution in [-0.4, -0.2) is 50.8 Å². The lowest BCUT2D eigenvalue weighted by Crippen LogP contribution is -2.22. The van der Waals surface area contributed by atoms with Gasteiger partial charge in [0.1, 0.15) is 18.0 Å². The molecule has 2 aliphatic heterocycles. The highest BCUT2D eigenvalue weighted by Gasteiger charge is 2.29. The van der Waals surface area contributed by atoms with Crippen molar-refractivity contribution < 1.29 is 23.3 Å². The van der Waals surface area contributed by atoms with E-state index in [0.717, 1.165) is 88.9 Å². The van der Waals surface area contributed by atoms with Crippen LogP contribution in [0.4, 0.5) is 4.39 Å². The maximum Gasteiger partial charge on any atom is 0.131 e. The van der Waals surface area contributed by atoms with E-state index in [1.165, 1.54) is 5.56 Å². The van der Waals surface area contributed by atoms with Crippen LogP contribution in [0.1, 0.15) is 74.3 Å². The highest BCUT2D eigenvalue weighted by molar-refractivity contribution is 5.65. The molecule has 2 aliphatic carbocycles. The first-order chi connectivity index (χ1) is 17.2. The van der Waals surface area contributed by atoms with Gasteiger partial charge < -0.3 is 18.9 Å². The molecule has 0 aromatic heterocycles. The smallest absolute Gasteiger partial charge is 0.131 e. The van der Waals surface area contributed by atoms with E-state index >= 15 is 4.39 Å². The van der Waals surface area contributed by atoms with Crippen LogP contribution in [0.2, 0.25) is 0 Å². The first-order valence-corrected chi connectivity index (χ1v) is 13.6. The van der Waals surface area contributed by atoms with Crippen LogP contribution >= 0.6 is 0 Å². The molecule has 0 spiro atoms. The number of benzene rings is 2. The number of halogens is 1. The zero-order chi connectivity index (χ0) is 23.6. The van der Waals surface area contributed by atoms with Crippen molar-refractivity contribution in [3.63, 3.8) is 0 Å². The van der Waals surface area contributed by atoms with E-state index in [0.29, 0.717) is 41.8 Å². The van der Waals surface area contributed by atoms with Gasteiger partial charge in [-0.1, -0.05) is 36.4 Å². The molecule has 0 amide bonds. The minimum atomic E-state index is -0.114. The van der Waals surface area contributed by atoms with Gasteiger partial charge >= 0.3 is 0 Å². The molecule has 4 fully saturated rings. The van der Waals surface area contributed by atoms with Gasteiger partial charge in [-0.05, 0) is 86.0 Å². The van der Waals surface area contributed by atoms with Crippen molar-refractivity contribution in [3.05, 3.63) is 59.4 Å². The predicted octanol–water partition coefficient (Wildman–Crippen LogP) is 6.38. The predicted molar refractivity (Wildman–Crippen MR) is 133 cm³/mol. The second-order valence-electron chi connectivity index (χ2n) is 10.9. The van der Waals surface area contributed by atoms with Gasteiger partial charge in [0.05, 0.1) is 38.6 Å². The Balaban J connectivity index is 1.02. The molecule has 2 aromatic rings. The van der Waals surface area contributed by atoms with Crippen LogP contribution in [0, 0.1) is 5.82 Å². The molecule has 6 rings (SSSR count). The molecule has 188 valence electrons. The van der Waals surface area contributed by atoms with E-state index in [4.69, 9.17) is 18.9 Å². The molecule has 0 N–H and O–H groups in total. The Morgan fingerprint density at radius 2 is 1.14 bits per heavy atom. The van der Waals surface area contributed by atoms with E-state index in [9.17, 15) is 0 Å². The molecule has 0 bridgehead atoms. The lowest BCUT2D eigenvalue weighted by molar-refractivity contribution is 0.0164. The van der Waals surface area contributed by atoms with Crippen LogP contribution in [0.15, 0.2) is 42.5 Å². The summed E-state index contributed by atoms with van der Waals surface area (Å²) in [4.78, 5) is 0. The van der Waals surface area contributed by atoms with Crippen molar-refractivity contribution >= 4 is 0 Å². The normalized spacial score (nSPS) is 32.4. The fourth-order valence-corrected chi connectivity index (χ4v) is 5.90. The van der Waals surface area contributed by atoms with Crippen molar-refractivity contribution in [2.75, 3.05) is 26.4 Å². The highest BCUT2D eigenvalue weighted by atomic mass is 19.1. The van der Waals surface area contributed by atoms with Crippen molar-refractivity contribution in [2.24, 2.45) is 0 Å². The van der Waals surface area contributed by atoms with Gasteiger partial charge in [-0.2, -0.15) is 0 Å². The molecule has 2 saturated carbocycles. The summed E-state index contributed by atoms with van der Waals surface area (Å²) in [6.07, 6.45) is 10.1. The van der Waals surface area contributed by atoms with Gasteiger partial charge in [0.2, 0.25) is 0 Å². The number of epoxide rings is 2. The van der Waals surface area contributed by atoms with Crippen molar-refractivity contribution in [1.82, 2.24) is 0 Å². The molecule has 2 saturated heterocycles. The van der Waals surface area contributed by atoms with Crippen LogP contribution in [-0.2, 0) is 18.9 Å². The summed E-state index contributed by atoms with van der Waals surface area (Å²) in [7, 11) is 0. The average Bonchev–Trinajstić information content (AvgIpc) is 3.83. The van der Waals surface area contributed by atoms with Crippen LogP contribution in [0.5, 0.6) is 0 Å². The van der Waals surface area contributed by atoms with Crippen LogP contribution in [0.3, 0.4) is 0 Å². The summed E-state index contributed by atoms with van der Waals surface area (Å²) in [6.45, 7) is 3.18. The average molecular weight is 481 g/mol. The third-order valence-corrected chi connectivity index (χ3v) is 8.35. The summed E-state index contributed by atoms with van der Waals surface area (Å²) in [6, 6.07) is 14.4. The first-order valence-electron chi connectivity index (χ1n) is 13.6. The summed E-state index contributed by atoms with van der Waals surface area (Å²) in [5, 5.41) is 0. The Labute approximate surface area is 208 Å². The third-order valence-electron chi connectivity index (χ3n) is 8.35. The van der Waals surface area contributed by atoms with E-state index < -0.39 is 0 Å². The van der Waals surface area contributed by atoms with Crippen LogP contribution in [0.25, 0.3) is 11.1 Å². The Hall–Kier alpha value is -1.79. The molecule has 2 unspecified atom stereocenters. The zero-order valence-electron chi connectivity index (χ0n) is 20.5. The minimum Gasteiger partial charge on any atom is -0.375 e. The van der Waals surface area contributed by atoms with E-state index in [-0.39, 0.29) is 5.82 Å². The van der Waals surface area contributed by atoms with Gasteiger partial charge in [0, 0.05) is 5.56 Å². The van der Waals surface area contributed by atoms with E-state index in [2.05, 4.69) is 30.3 Å². The summed E-state index contributed by atoms with van der Waals surface area (Å²) < 4.78 is 37.6. The Kier molecular flexibility index (Phi) is 7.20. The molecule has 2 aromatic carbocycles. The lowest BCUT2D eigenvalue weighted by atomic mass is 9.81. The largest absolute Gasteiger partial charge is 0.375 e. The number of ether oxygens (including phenoxy) is 4. The molecule has 4 aliphatic rings. The fraction of sp³-hybridized carbons (Fsp3) is 0.600. The van der Waals surface area contributed by atoms with Crippen molar-refractivity contribution in [2.45, 2.75) is 87.6 Å².